The monoisotopic (exact) mass is 625 g/mol. The summed E-state index contributed by atoms with van der Waals surface area (Å²) < 4.78 is 39.4. The molecular formula is C33H55NO8S. The SMILES string of the molecule is CC(C)CCC(=O)[C@@H](C)[C@H]1[C@@H](OC2OCC(O)C(O)C2NS(C)(=O)=O)C[C@H]2[C@@H]3CC=C4C[C@@H](O)CC[C@]4(C)[C@H]3CC[C@]12C. The lowest BCUT2D eigenvalue weighted by Crippen LogP contribution is -2.61. The van der Waals surface area contributed by atoms with Gasteiger partial charge in [0.2, 0.25) is 10.0 Å². The number of sulfonamides is 1. The third-order valence-corrected chi connectivity index (χ3v) is 13.0. The van der Waals surface area contributed by atoms with E-state index >= 15 is 0 Å². The Bertz CT molecular complexity index is 1170. The van der Waals surface area contributed by atoms with Crippen molar-refractivity contribution in [3.8, 4) is 0 Å². The summed E-state index contributed by atoms with van der Waals surface area (Å²) in [4.78, 5) is 13.7. The van der Waals surface area contributed by atoms with Gasteiger partial charge in [-0.1, -0.05) is 46.3 Å². The molecule has 246 valence electrons. The van der Waals surface area contributed by atoms with Crippen LogP contribution in [-0.4, -0.2) is 79.1 Å². The number of carbonyl (C=O) groups is 1. The third kappa shape index (κ3) is 6.41. The van der Waals surface area contributed by atoms with Gasteiger partial charge in [-0.3, -0.25) is 4.79 Å². The molecule has 13 atom stereocenters. The van der Waals surface area contributed by atoms with E-state index in [1.807, 2.05) is 6.92 Å². The van der Waals surface area contributed by atoms with Crippen molar-refractivity contribution < 1.29 is 38.0 Å². The van der Waals surface area contributed by atoms with Gasteiger partial charge in [-0.25, -0.2) is 13.1 Å². The van der Waals surface area contributed by atoms with Gasteiger partial charge < -0.3 is 24.8 Å². The highest BCUT2D eigenvalue weighted by Gasteiger charge is 2.63. The van der Waals surface area contributed by atoms with Crippen LogP contribution >= 0.6 is 0 Å². The van der Waals surface area contributed by atoms with Gasteiger partial charge in [-0.2, -0.15) is 0 Å². The van der Waals surface area contributed by atoms with Gasteiger partial charge in [-0.15, -0.1) is 0 Å². The Morgan fingerprint density at radius 1 is 1.14 bits per heavy atom. The van der Waals surface area contributed by atoms with Gasteiger partial charge in [0.15, 0.2) is 6.29 Å². The van der Waals surface area contributed by atoms with E-state index < -0.39 is 34.6 Å². The first kappa shape index (κ1) is 33.5. The van der Waals surface area contributed by atoms with Crippen molar-refractivity contribution in [2.75, 3.05) is 12.9 Å². The normalized spacial score (nSPS) is 45.6. The molecule has 0 amide bonds. The second-order valence-electron chi connectivity index (χ2n) is 15.5. The molecule has 5 rings (SSSR count). The molecule has 5 aliphatic rings. The zero-order valence-corrected chi connectivity index (χ0v) is 27.7. The van der Waals surface area contributed by atoms with Gasteiger partial charge in [-0.05, 0) is 85.9 Å². The number of rotatable bonds is 9. The number of fused-ring (bicyclic) bond motifs is 5. The molecule has 4 unspecified atom stereocenters. The molecule has 3 saturated carbocycles. The highest BCUT2D eigenvalue weighted by atomic mass is 32.2. The van der Waals surface area contributed by atoms with Gasteiger partial charge in [0.25, 0.3) is 0 Å². The molecule has 0 aromatic rings. The first-order valence-electron chi connectivity index (χ1n) is 16.6. The van der Waals surface area contributed by atoms with E-state index in [2.05, 4.69) is 38.5 Å². The molecule has 1 saturated heterocycles. The lowest BCUT2D eigenvalue weighted by Gasteiger charge is -2.58. The average Bonchev–Trinajstić information content (AvgIpc) is 3.22. The van der Waals surface area contributed by atoms with Crippen LogP contribution in [0.5, 0.6) is 0 Å². The van der Waals surface area contributed by atoms with Crippen molar-refractivity contribution in [3.63, 3.8) is 0 Å². The summed E-state index contributed by atoms with van der Waals surface area (Å²) >= 11 is 0. The maximum Gasteiger partial charge on any atom is 0.209 e. The van der Waals surface area contributed by atoms with E-state index in [1.165, 1.54) is 5.57 Å². The fraction of sp³-hybridized carbons (Fsp3) is 0.909. The van der Waals surface area contributed by atoms with Gasteiger partial charge >= 0.3 is 0 Å². The topological polar surface area (TPSA) is 142 Å². The summed E-state index contributed by atoms with van der Waals surface area (Å²) in [6.07, 6.45) is 6.75. The number of hydrogen-bond acceptors (Lipinski definition) is 8. The zero-order chi connectivity index (χ0) is 31.5. The standard InChI is InChI=1S/C33H55NO8S/c1-18(2)7-10-25(36)19(3)28-27(42-31-29(34-43(6,39)40)30(38)26(37)17-41-31)16-24-22-9-8-20-15-21(35)11-13-32(20,4)23(22)12-14-33(24,28)5/h8,18-19,21-24,26-31,34-35,37-38H,7,9-17H2,1-6H3/t19-,21+,22-,23+,24+,26?,27+,28+,29?,30?,31?,32+,33+/m1/s1. The Hall–Kier alpha value is -0.880. The summed E-state index contributed by atoms with van der Waals surface area (Å²) in [6, 6.07) is -1.16. The van der Waals surface area contributed by atoms with E-state index in [-0.39, 0.29) is 47.3 Å². The Kier molecular flexibility index (Phi) is 9.64. The average molecular weight is 626 g/mol. The molecule has 0 bridgehead atoms. The van der Waals surface area contributed by atoms with Crippen molar-refractivity contribution in [1.29, 1.82) is 0 Å². The van der Waals surface area contributed by atoms with E-state index in [4.69, 9.17) is 9.47 Å². The number of aliphatic hydroxyl groups excluding tert-OH is 3. The number of aliphatic hydroxyl groups is 3. The minimum atomic E-state index is -3.74. The van der Waals surface area contributed by atoms with Gasteiger partial charge in [0.1, 0.15) is 24.0 Å². The fourth-order valence-electron chi connectivity index (χ4n) is 10.0. The molecule has 0 spiro atoms. The molecule has 10 heteroatoms. The number of allylic oxidation sites excluding steroid dienone is 1. The van der Waals surface area contributed by atoms with Crippen LogP contribution < -0.4 is 4.72 Å². The largest absolute Gasteiger partial charge is 0.393 e. The van der Waals surface area contributed by atoms with Crippen LogP contribution in [0.2, 0.25) is 0 Å². The molecular weight excluding hydrogens is 570 g/mol. The number of Topliss-reactive ketones (excluding diaryl/α,β-unsaturated/α-hetero) is 1. The van der Waals surface area contributed by atoms with Crippen LogP contribution in [0.15, 0.2) is 11.6 Å². The molecule has 1 heterocycles. The molecule has 0 aromatic heterocycles. The van der Waals surface area contributed by atoms with Crippen molar-refractivity contribution in [2.45, 2.75) is 129 Å². The number of ether oxygens (including phenoxy) is 2. The molecule has 43 heavy (non-hydrogen) atoms. The van der Waals surface area contributed by atoms with Crippen molar-refractivity contribution >= 4 is 15.8 Å². The van der Waals surface area contributed by atoms with Crippen LogP contribution in [0.4, 0.5) is 0 Å². The Morgan fingerprint density at radius 3 is 2.53 bits per heavy atom. The lowest BCUT2D eigenvalue weighted by molar-refractivity contribution is -0.252. The maximum atomic E-state index is 13.7. The van der Waals surface area contributed by atoms with Crippen LogP contribution in [0.25, 0.3) is 0 Å². The molecule has 0 aromatic carbocycles. The first-order valence-corrected chi connectivity index (χ1v) is 18.4. The number of hydrogen-bond donors (Lipinski definition) is 4. The maximum absolute atomic E-state index is 13.7. The van der Waals surface area contributed by atoms with Crippen molar-refractivity contribution in [2.24, 2.45) is 46.3 Å². The summed E-state index contributed by atoms with van der Waals surface area (Å²) in [5, 5.41) is 31.5. The van der Waals surface area contributed by atoms with E-state index in [0.29, 0.717) is 30.1 Å². The quantitative estimate of drug-likeness (QED) is 0.285. The zero-order valence-electron chi connectivity index (χ0n) is 26.9. The number of nitrogens with one attached hydrogen (secondary N) is 1. The van der Waals surface area contributed by atoms with Crippen LogP contribution in [0.1, 0.15) is 92.4 Å². The van der Waals surface area contributed by atoms with Crippen molar-refractivity contribution in [1.82, 2.24) is 4.72 Å². The van der Waals surface area contributed by atoms with E-state index in [1.54, 1.807) is 0 Å². The molecule has 4 N–H and O–H groups in total. The van der Waals surface area contributed by atoms with Gasteiger partial charge in [0.05, 0.1) is 25.1 Å². The highest BCUT2D eigenvalue weighted by molar-refractivity contribution is 7.88. The van der Waals surface area contributed by atoms with Crippen LogP contribution in [0, 0.1) is 46.3 Å². The molecule has 9 nitrogen and oxygen atoms in total. The molecule has 0 radical (unpaired) electrons. The summed E-state index contributed by atoms with van der Waals surface area (Å²) in [5.74, 6) is 1.58. The van der Waals surface area contributed by atoms with Crippen LogP contribution in [-0.2, 0) is 24.3 Å². The predicted octanol–water partition coefficient (Wildman–Crippen LogP) is 3.56. The smallest absolute Gasteiger partial charge is 0.209 e. The lowest BCUT2D eigenvalue weighted by atomic mass is 9.47. The summed E-state index contributed by atoms with van der Waals surface area (Å²) in [7, 11) is -3.74. The van der Waals surface area contributed by atoms with E-state index in [0.717, 1.165) is 57.6 Å². The number of ketones is 1. The second kappa shape index (κ2) is 12.4. The predicted molar refractivity (Wildman–Crippen MR) is 163 cm³/mol. The van der Waals surface area contributed by atoms with Gasteiger partial charge in [0, 0.05) is 18.3 Å². The van der Waals surface area contributed by atoms with Crippen molar-refractivity contribution in [3.05, 3.63) is 11.6 Å². The fourth-order valence-corrected chi connectivity index (χ4v) is 10.8. The minimum Gasteiger partial charge on any atom is -0.393 e. The number of carbonyl (C=O) groups excluding carboxylic acids is 1. The molecule has 4 aliphatic carbocycles. The Labute approximate surface area is 258 Å². The third-order valence-electron chi connectivity index (χ3n) is 12.3. The molecule has 4 fully saturated rings. The summed E-state index contributed by atoms with van der Waals surface area (Å²) in [5.41, 5.74) is 1.34. The second-order valence-corrected chi connectivity index (χ2v) is 17.3. The Balaban J connectivity index is 1.47. The Morgan fingerprint density at radius 2 is 1.86 bits per heavy atom. The molecule has 1 aliphatic heterocycles. The first-order chi connectivity index (χ1) is 20.0. The van der Waals surface area contributed by atoms with E-state index in [9.17, 15) is 28.5 Å². The summed E-state index contributed by atoms with van der Waals surface area (Å²) in [6.45, 7) is 10.9. The highest BCUT2D eigenvalue weighted by Crippen LogP contribution is 2.67. The van der Waals surface area contributed by atoms with Crippen LogP contribution in [0.3, 0.4) is 0 Å². The minimum absolute atomic E-state index is 0.0772.